The molecule has 20 heavy (non-hydrogen) atoms. The molecule has 0 aromatic heterocycles. The molecule has 1 heterocycles. The van der Waals surface area contributed by atoms with Crippen molar-refractivity contribution in [2.75, 3.05) is 13.1 Å². The summed E-state index contributed by atoms with van der Waals surface area (Å²) in [5.41, 5.74) is 6.22. The largest absolute Gasteiger partial charge is 0.334 e. The van der Waals surface area contributed by atoms with Gasteiger partial charge >= 0.3 is 0 Å². The fourth-order valence-electron chi connectivity index (χ4n) is 2.79. The Morgan fingerprint density at radius 2 is 2.30 bits per heavy atom. The molecule has 0 bridgehead atoms. The summed E-state index contributed by atoms with van der Waals surface area (Å²) in [7, 11) is 0. The first-order chi connectivity index (χ1) is 9.56. The molecule has 2 atom stereocenters. The fourth-order valence-corrected chi connectivity index (χ4v) is 2.97. The zero-order valence-corrected chi connectivity index (χ0v) is 12.4. The van der Waals surface area contributed by atoms with Crippen molar-refractivity contribution in [3.8, 4) is 0 Å². The van der Waals surface area contributed by atoms with E-state index < -0.39 is 5.82 Å². The predicted molar refractivity (Wildman–Crippen MR) is 78.3 cm³/mol. The third-order valence-corrected chi connectivity index (χ3v) is 4.39. The molecular weight excluding hydrogens is 279 g/mol. The van der Waals surface area contributed by atoms with Gasteiger partial charge in [0.2, 0.25) is 0 Å². The van der Waals surface area contributed by atoms with Crippen molar-refractivity contribution in [1.29, 1.82) is 0 Å². The first kappa shape index (κ1) is 15.3. The van der Waals surface area contributed by atoms with Crippen LogP contribution in [-0.2, 0) is 0 Å². The summed E-state index contributed by atoms with van der Waals surface area (Å²) in [6, 6.07) is 4.15. The standard InChI is InChI=1S/C15H20ClFN2O/c1-2-10-5-6-19(12(7-10)9-18)15(20)11-3-4-14(17)13(16)8-11/h3-4,8,10,12H,2,5-7,9,18H2,1H3. The summed E-state index contributed by atoms with van der Waals surface area (Å²) in [5, 5.41) is -0.0245. The first-order valence-electron chi connectivity index (χ1n) is 7.02. The van der Waals surface area contributed by atoms with Gasteiger partial charge in [0.15, 0.2) is 0 Å². The Bertz CT molecular complexity index is 495. The van der Waals surface area contributed by atoms with Crippen molar-refractivity contribution in [2.45, 2.75) is 32.2 Å². The van der Waals surface area contributed by atoms with Crippen molar-refractivity contribution in [2.24, 2.45) is 11.7 Å². The Hall–Kier alpha value is -1.13. The molecule has 0 radical (unpaired) electrons. The normalized spacial score (nSPS) is 22.9. The van der Waals surface area contributed by atoms with Gasteiger partial charge in [-0.05, 0) is 37.0 Å². The zero-order chi connectivity index (χ0) is 14.7. The number of hydrogen-bond acceptors (Lipinski definition) is 2. The molecule has 1 amide bonds. The van der Waals surface area contributed by atoms with Gasteiger partial charge in [-0.25, -0.2) is 4.39 Å². The van der Waals surface area contributed by atoms with E-state index in [0.717, 1.165) is 19.3 Å². The minimum Gasteiger partial charge on any atom is -0.334 e. The van der Waals surface area contributed by atoms with Crippen LogP contribution >= 0.6 is 11.6 Å². The third kappa shape index (κ3) is 3.13. The van der Waals surface area contributed by atoms with Crippen molar-refractivity contribution in [1.82, 2.24) is 4.90 Å². The van der Waals surface area contributed by atoms with Gasteiger partial charge < -0.3 is 10.6 Å². The number of carbonyl (C=O) groups is 1. The Kier molecular flexibility index (Phi) is 5.00. The van der Waals surface area contributed by atoms with Crippen LogP contribution in [-0.4, -0.2) is 29.9 Å². The lowest BCUT2D eigenvalue weighted by molar-refractivity contribution is 0.0558. The Labute approximate surface area is 123 Å². The minimum atomic E-state index is -0.511. The zero-order valence-electron chi connectivity index (χ0n) is 11.6. The second-order valence-corrected chi connectivity index (χ2v) is 5.72. The highest BCUT2D eigenvalue weighted by molar-refractivity contribution is 6.31. The van der Waals surface area contributed by atoms with Crippen LogP contribution in [0, 0.1) is 11.7 Å². The Morgan fingerprint density at radius 3 is 2.90 bits per heavy atom. The number of hydrogen-bond donors (Lipinski definition) is 1. The molecule has 1 aromatic rings. The van der Waals surface area contributed by atoms with Crippen LogP contribution in [0.5, 0.6) is 0 Å². The molecule has 0 spiro atoms. The first-order valence-corrected chi connectivity index (χ1v) is 7.40. The fraction of sp³-hybridized carbons (Fsp3) is 0.533. The highest BCUT2D eigenvalue weighted by Crippen LogP contribution is 2.27. The quantitative estimate of drug-likeness (QED) is 0.932. The molecule has 3 nitrogen and oxygen atoms in total. The van der Waals surface area contributed by atoms with Gasteiger partial charge in [-0.1, -0.05) is 24.9 Å². The minimum absolute atomic E-state index is 0.0245. The van der Waals surface area contributed by atoms with E-state index in [-0.39, 0.29) is 17.0 Å². The van der Waals surface area contributed by atoms with Crippen molar-refractivity contribution >= 4 is 17.5 Å². The SMILES string of the molecule is CCC1CCN(C(=O)c2ccc(F)c(Cl)c2)C(CN)C1. The number of carbonyl (C=O) groups excluding carboxylic acids is 1. The average molecular weight is 299 g/mol. The predicted octanol–water partition coefficient (Wildman–Crippen LogP) is 3.07. The molecule has 2 unspecified atom stereocenters. The number of halogens is 2. The number of nitrogens with zero attached hydrogens (tertiary/aromatic N) is 1. The van der Waals surface area contributed by atoms with E-state index in [9.17, 15) is 9.18 Å². The molecule has 1 fully saturated rings. The summed E-state index contributed by atoms with van der Waals surface area (Å²) >= 11 is 5.74. The van der Waals surface area contributed by atoms with Crippen molar-refractivity contribution in [3.05, 3.63) is 34.6 Å². The highest BCUT2D eigenvalue weighted by Gasteiger charge is 2.30. The number of nitrogens with two attached hydrogens (primary N) is 1. The molecule has 1 aliphatic heterocycles. The Balaban J connectivity index is 2.17. The van der Waals surface area contributed by atoms with Gasteiger partial charge in [-0.15, -0.1) is 0 Å². The molecule has 2 N–H and O–H groups in total. The molecule has 0 aliphatic carbocycles. The van der Waals surface area contributed by atoms with Crippen molar-refractivity contribution < 1.29 is 9.18 Å². The van der Waals surface area contributed by atoms with E-state index in [0.29, 0.717) is 24.6 Å². The second-order valence-electron chi connectivity index (χ2n) is 5.32. The van der Waals surface area contributed by atoms with Crippen LogP contribution in [0.15, 0.2) is 18.2 Å². The maximum Gasteiger partial charge on any atom is 0.254 e. The summed E-state index contributed by atoms with van der Waals surface area (Å²) in [4.78, 5) is 14.3. The van der Waals surface area contributed by atoms with Gasteiger partial charge in [0, 0.05) is 24.7 Å². The molecule has 5 heteroatoms. The lowest BCUT2D eigenvalue weighted by Gasteiger charge is -2.39. The van der Waals surface area contributed by atoms with Gasteiger partial charge in [-0.2, -0.15) is 0 Å². The smallest absolute Gasteiger partial charge is 0.254 e. The van der Waals surface area contributed by atoms with Crippen LogP contribution < -0.4 is 5.73 Å². The molecule has 0 saturated carbocycles. The number of likely N-dealkylation sites (tertiary alicyclic amines) is 1. The van der Waals surface area contributed by atoms with E-state index in [4.69, 9.17) is 17.3 Å². The van der Waals surface area contributed by atoms with Gasteiger partial charge in [-0.3, -0.25) is 4.79 Å². The average Bonchev–Trinajstić information content (AvgIpc) is 2.48. The summed E-state index contributed by atoms with van der Waals surface area (Å²) in [6.45, 7) is 3.32. The van der Waals surface area contributed by atoms with E-state index in [1.54, 1.807) is 4.90 Å². The van der Waals surface area contributed by atoms with E-state index >= 15 is 0 Å². The summed E-state index contributed by atoms with van der Waals surface area (Å²) in [6.07, 6.45) is 3.04. The molecule has 1 aliphatic rings. The maximum absolute atomic E-state index is 13.2. The highest BCUT2D eigenvalue weighted by atomic mass is 35.5. The van der Waals surface area contributed by atoms with Gasteiger partial charge in [0.25, 0.3) is 5.91 Å². The van der Waals surface area contributed by atoms with E-state index in [1.807, 2.05) is 0 Å². The molecular formula is C15H20ClFN2O. The molecule has 1 aromatic carbocycles. The molecule has 2 rings (SSSR count). The van der Waals surface area contributed by atoms with E-state index in [2.05, 4.69) is 6.92 Å². The lowest BCUT2D eigenvalue weighted by atomic mass is 9.88. The van der Waals surface area contributed by atoms with Crippen LogP contribution in [0.1, 0.15) is 36.5 Å². The number of piperidine rings is 1. The van der Waals surface area contributed by atoms with Crippen molar-refractivity contribution in [3.63, 3.8) is 0 Å². The molecule has 110 valence electrons. The number of amides is 1. The van der Waals surface area contributed by atoms with Crippen LogP contribution in [0.3, 0.4) is 0 Å². The summed E-state index contributed by atoms with van der Waals surface area (Å²) < 4.78 is 13.2. The monoisotopic (exact) mass is 298 g/mol. The van der Waals surface area contributed by atoms with Gasteiger partial charge in [0.05, 0.1) is 5.02 Å². The lowest BCUT2D eigenvalue weighted by Crippen LogP contribution is -2.49. The second kappa shape index (κ2) is 6.55. The summed E-state index contributed by atoms with van der Waals surface area (Å²) in [5.74, 6) is 0.00425. The van der Waals surface area contributed by atoms with E-state index in [1.165, 1.54) is 18.2 Å². The third-order valence-electron chi connectivity index (χ3n) is 4.10. The van der Waals surface area contributed by atoms with Crippen LogP contribution in [0.2, 0.25) is 5.02 Å². The number of rotatable bonds is 3. The van der Waals surface area contributed by atoms with Crippen LogP contribution in [0.25, 0.3) is 0 Å². The number of benzene rings is 1. The Morgan fingerprint density at radius 1 is 1.55 bits per heavy atom. The topological polar surface area (TPSA) is 46.3 Å². The van der Waals surface area contributed by atoms with Crippen LogP contribution in [0.4, 0.5) is 4.39 Å². The van der Waals surface area contributed by atoms with Gasteiger partial charge in [0.1, 0.15) is 5.82 Å². The maximum atomic E-state index is 13.2. The molecule has 1 saturated heterocycles.